The van der Waals surface area contributed by atoms with Gasteiger partial charge in [-0.25, -0.2) is 0 Å². The first-order valence-electron chi connectivity index (χ1n) is 10.3. The number of carbonyl (C=O) groups is 1. The molecule has 2 N–H and O–H groups in total. The van der Waals surface area contributed by atoms with Gasteiger partial charge in [0.25, 0.3) is 5.91 Å². The molecule has 0 aromatic heterocycles. The number of amides is 1. The standard InChI is InChI=1S/C25H29N3O/c1-18-17-20(28-15-13-26-14-16-28)11-12-21(18)24(29)27-25(2,3)23-10-6-8-19-7-4-5-9-22(19)23/h4-12,17,26H,13-16H2,1-3H3,(H,27,29). The first-order valence-corrected chi connectivity index (χ1v) is 10.3. The molecule has 0 saturated carbocycles. The molecule has 0 radical (unpaired) electrons. The maximum Gasteiger partial charge on any atom is 0.252 e. The van der Waals surface area contributed by atoms with Crippen LogP contribution >= 0.6 is 0 Å². The third-order valence-corrected chi connectivity index (χ3v) is 5.83. The first-order chi connectivity index (χ1) is 14.0. The Kier molecular flexibility index (Phi) is 5.29. The molecule has 1 aliphatic heterocycles. The molecule has 29 heavy (non-hydrogen) atoms. The molecule has 0 spiro atoms. The second-order valence-corrected chi connectivity index (χ2v) is 8.34. The Morgan fingerprint density at radius 3 is 2.48 bits per heavy atom. The van der Waals surface area contributed by atoms with Gasteiger partial charge in [-0.2, -0.15) is 0 Å². The van der Waals surface area contributed by atoms with Crippen LogP contribution in [0, 0.1) is 6.92 Å². The minimum absolute atomic E-state index is 0.0349. The molecule has 1 heterocycles. The van der Waals surface area contributed by atoms with E-state index in [-0.39, 0.29) is 5.91 Å². The zero-order valence-electron chi connectivity index (χ0n) is 17.5. The number of anilines is 1. The third kappa shape index (κ3) is 3.99. The molecular formula is C25H29N3O. The van der Waals surface area contributed by atoms with E-state index >= 15 is 0 Å². The Hall–Kier alpha value is -2.85. The summed E-state index contributed by atoms with van der Waals surface area (Å²) in [5, 5.41) is 8.99. The average Bonchev–Trinajstić information content (AvgIpc) is 2.73. The highest BCUT2D eigenvalue weighted by Gasteiger charge is 2.26. The Bertz CT molecular complexity index is 1030. The molecule has 3 aromatic carbocycles. The van der Waals surface area contributed by atoms with Crippen molar-refractivity contribution in [2.75, 3.05) is 31.1 Å². The summed E-state index contributed by atoms with van der Waals surface area (Å²) in [6, 6.07) is 20.7. The molecule has 0 atom stereocenters. The number of carbonyl (C=O) groups excluding carboxylic acids is 1. The van der Waals surface area contributed by atoms with E-state index in [9.17, 15) is 4.79 Å². The highest BCUT2D eigenvalue weighted by Crippen LogP contribution is 2.29. The van der Waals surface area contributed by atoms with Crippen LogP contribution in [-0.4, -0.2) is 32.1 Å². The van der Waals surface area contributed by atoms with Crippen LogP contribution in [0.15, 0.2) is 60.7 Å². The predicted octanol–water partition coefficient (Wildman–Crippen LogP) is 4.22. The van der Waals surface area contributed by atoms with Crippen molar-refractivity contribution < 1.29 is 4.79 Å². The average molecular weight is 388 g/mol. The lowest BCUT2D eigenvalue weighted by Crippen LogP contribution is -2.43. The summed E-state index contributed by atoms with van der Waals surface area (Å²) in [5.41, 5.74) is 3.57. The highest BCUT2D eigenvalue weighted by atomic mass is 16.1. The fourth-order valence-corrected chi connectivity index (χ4v) is 4.21. The predicted molar refractivity (Wildman–Crippen MR) is 121 cm³/mol. The lowest BCUT2D eigenvalue weighted by atomic mass is 9.89. The Labute approximate surface area is 172 Å². The number of nitrogens with one attached hydrogen (secondary N) is 2. The normalized spacial score (nSPS) is 14.8. The smallest absolute Gasteiger partial charge is 0.252 e. The van der Waals surface area contributed by atoms with Crippen molar-refractivity contribution >= 4 is 22.4 Å². The second-order valence-electron chi connectivity index (χ2n) is 8.34. The van der Waals surface area contributed by atoms with Crippen LogP contribution in [0.25, 0.3) is 10.8 Å². The van der Waals surface area contributed by atoms with E-state index in [1.165, 1.54) is 16.5 Å². The molecule has 1 saturated heterocycles. The molecule has 0 bridgehead atoms. The zero-order valence-corrected chi connectivity index (χ0v) is 17.5. The number of nitrogens with zero attached hydrogens (tertiary/aromatic N) is 1. The van der Waals surface area contributed by atoms with E-state index in [1.807, 2.05) is 25.1 Å². The van der Waals surface area contributed by atoms with E-state index in [2.05, 4.69) is 71.8 Å². The number of fused-ring (bicyclic) bond motifs is 1. The SMILES string of the molecule is Cc1cc(N2CCNCC2)ccc1C(=O)NC(C)(C)c1cccc2ccccc12. The van der Waals surface area contributed by atoms with Crippen molar-refractivity contribution in [3.8, 4) is 0 Å². The van der Waals surface area contributed by atoms with Gasteiger partial charge in [-0.1, -0.05) is 42.5 Å². The molecule has 3 aromatic rings. The van der Waals surface area contributed by atoms with E-state index in [0.29, 0.717) is 0 Å². The molecule has 4 nitrogen and oxygen atoms in total. The molecular weight excluding hydrogens is 358 g/mol. The molecule has 0 unspecified atom stereocenters. The van der Waals surface area contributed by atoms with E-state index in [1.54, 1.807) is 0 Å². The van der Waals surface area contributed by atoms with Crippen LogP contribution < -0.4 is 15.5 Å². The number of piperazine rings is 1. The van der Waals surface area contributed by atoms with Crippen LogP contribution in [0.2, 0.25) is 0 Å². The lowest BCUT2D eigenvalue weighted by Gasteiger charge is -2.30. The summed E-state index contributed by atoms with van der Waals surface area (Å²) in [5.74, 6) is -0.0349. The van der Waals surface area contributed by atoms with Gasteiger partial charge in [-0.05, 0) is 60.9 Å². The maximum atomic E-state index is 13.1. The van der Waals surface area contributed by atoms with Gasteiger partial charge in [0.05, 0.1) is 5.54 Å². The van der Waals surface area contributed by atoms with Gasteiger partial charge < -0.3 is 15.5 Å². The van der Waals surface area contributed by atoms with Crippen LogP contribution in [0.4, 0.5) is 5.69 Å². The van der Waals surface area contributed by atoms with Crippen molar-refractivity contribution in [1.29, 1.82) is 0 Å². The second kappa shape index (κ2) is 7.88. The van der Waals surface area contributed by atoms with E-state index < -0.39 is 5.54 Å². The molecule has 4 heteroatoms. The Morgan fingerprint density at radius 2 is 1.72 bits per heavy atom. The van der Waals surface area contributed by atoms with Crippen molar-refractivity contribution in [1.82, 2.24) is 10.6 Å². The number of rotatable bonds is 4. The van der Waals surface area contributed by atoms with Crippen molar-refractivity contribution in [2.24, 2.45) is 0 Å². The topological polar surface area (TPSA) is 44.4 Å². The lowest BCUT2D eigenvalue weighted by molar-refractivity contribution is 0.0912. The fraction of sp³-hybridized carbons (Fsp3) is 0.320. The van der Waals surface area contributed by atoms with Gasteiger partial charge in [0.15, 0.2) is 0 Å². The molecule has 0 aliphatic carbocycles. The van der Waals surface area contributed by atoms with Crippen LogP contribution in [0.1, 0.15) is 35.3 Å². The van der Waals surface area contributed by atoms with Crippen LogP contribution in [-0.2, 0) is 5.54 Å². The summed E-state index contributed by atoms with van der Waals surface area (Å²) in [6.07, 6.45) is 0. The molecule has 4 rings (SSSR count). The first kappa shape index (κ1) is 19.5. The van der Waals surface area contributed by atoms with E-state index in [4.69, 9.17) is 0 Å². The van der Waals surface area contributed by atoms with Gasteiger partial charge >= 0.3 is 0 Å². The summed E-state index contributed by atoms with van der Waals surface area (Å²) >= 11 is 0. The van der Waals surface area contributed by atoms with Crippen molar-refractivity contribution in [3.63, 3.8) is 0 Å². The van der Waals surface area contributed by atoms with Crippen LogP contribution in [0.3, 0.4) is 0 Å². The third-order valence-electron chi connectivity index (χ3n) is 5.83. The monoisotopic (exact) mass is 387 g/mol. The molecule has 150 valence electrons. The minimum atomic E-state index is -0.485. The van der Waals surface area contributed by atoms with Gasteiger partial charge in [-0.15, -0.1) is 0 Å². The molecule has 1 amide bonds. The van der Waals surface area contributed by atoms with E-state index in [0.717, 1.165) is 42.9 Å². The Balaban J connectivity index is 1.58. The largest absolute Gasteiger partial charge is 0.369 e. The minimum Gasteiger partial charge on any atom is -0.369 e. The Morgan fingerprint density at radius 1 is 1.00 bits per heavy atom. The summed E-state index contributed by atoms with van der Waals surface area (Å²) in [6.45, 7) is 10.2. The van der Waals surface area contributed by atoms with Crippen LogP contribution in [0.5, 0.6) is 0 Å². The van der Waals surface area contributed by atoms with Crippen molar-refractivity contribution in [3.05, 3.63) is 77.4 Å². The number of aryl methyl sites for hydroxylation is 1. The zero-order chi connectivity index (χ0) is 20.4. The molecule has 1 aliphatic rings. The summed E-state index contributed by atoms with van der Waals surface area (Å²) in [4.78, 5) is 15.5. The fourth-order valence-electron chi connectivity index (χ4n) is 4.21. The quantitative estimate of drug-likeness (QED) is 0.704. The van der Waals surface area contributed by atoms with Gasteiger partial charge in [0, 0.05) is 37.4 Å². The number of hydrogen-bond donors (Lipinski definition) is 2. The van der Waals surface area contributed by atoms with Gasteiger partial charge in [0.1, 0.15) is 0 Å². The maximum absolute atomic E-state index is 13.1. The van der Waals surface area contributed by atoms with Crippen molar-refractivity contribution in [2.45, 2.75) is 26.3 Å². The number of benzene rings is 3. The summed E-state index contributed by atoms with van der Waals surface area (Å²) in [7, 11) is 0. The van der Waals surface area contributed by atoms with Gasteiger partial charge in [0.2, 0.25) is 0 Å². The molecule has 1 fully saturated rings. The highest BCUT2D eigenvalue weighted by molar-refractivity contribution is 5.97. The number of hydrogen-bond acceptors (Lipinski definition) is 3. The van der Waals surface area contributed by atoms with Gasteiger partial charge in [-0.3, -0.25) is 4.79 Å². The summed E-state index contributed by atoms with van der Waals surface area (Å²) < 4.78 is 0.